The van der Waals surface area contributed by atoms with Crippen LogP contribution in [0.1, 0.15) is 42.1 Å². The molecule has 1 aliphatic heterocycles. The van der Waals surface area contributed by atoms with Crippen LogP contribution in [0, 0.1) is 11.3 Å². The zero-order valence-electron chi connectivity index (χ0n) is 10.2. The van der Waals surface area contributed by atoms with Crippen LogP contribution in [0.2, 0.25) is 0 Å². The summed E-state index contributed by atoms with van der Waals surface area (Å²) in [6.07, 6.45) is 8.65. The Morgan fingerprint density at radius 3 is 2.83 bits per heavy atom. The molecule has 2 aromatic rings. The van der Waals surface area contributed by atoms with E-state index in [-0.39, 0.29) is 0 Å². The minimum Gasteiger partial charge on any atom is -0.327 e. The second-order valence-corrected chi connectivity index (χ2v) is 4.79. The van der Waals surface area contributed by atoms with Gasteiger partial charge >= 0.3 is 0 Å². The maximum Gasteiger partial charge on any atom is 0.0991 e. The Kier molecular flexibility index (Phi) is 2.85. The van der Waals surface area contributed by atoms with Crippen LogP contribution in [0.5, 0.6) is 0 Å². The van der Waals surface area contributed by atoms with Gasteiger partial charge in [0.05, 0.1) is 24.0 Å². The molecule has 1 aliphatic rings. The largest absolute Gasteiger partial charge is 0.327 e. The van der Waals surface area contributed by atoms with Crippen molar-refractivity contribution in [2.24, 2.45) is 0 Å². The molecule has 3 rings (SSSR count). The molecule has 18 heavy (non-hydrogen) atoms. The number of hydrogen-bond acceptors (Lipinski definition) is 2. The SMILES string of the molecule is N#Cc1ccc([C@H]2CCCCc3cncn32)cc1. The van der Waals surface area contributed by atoms with Crippen molar-refractivity contribution >= 4 is 0 Å². The lowest BCUT2D eigenvalue weighted by Gasteiger charge is -2.18. The van der Waals surface area contributed by atoms with E-state index in [1.165, 1.54) is 24.1 Å². The summed E-state index contributed by atoms with van der Waals surface area (Å²) in [4.78, 5) is 4.27. The maximum absolute atomic E-state index is 8.84. The van der Waals surface area contributed by atoms with Gasteiger partial charge in [0.2, 0.25) is 0 Å². The summed E-state index contributed by atoms with van der Waals surface area (Å²) in [5, 5.41) is 8.84. The lowest BCUT2D eigenvalue weighted by atomic mass is 10.0. The fourth-order valence-corrected chi connectivity index (χ4v) is 2.70. The number of nitriles is 1. The summed E-state index contributed by atoms with van der Waals surface area (Å²) in [5.74, 6) is 0. The summed E-state index contributed by atoms with van der Waals surface area (Å²) in [7, 11) is 0. The lowest BCUT2D eigenvalue weighted by molar-refractivity contribution is 0.536. The van der Waals surface area contributed by atoms with Crippen LogP contribution in [0.3, 0.4) is 0 Å². The molecule has 1 aromatic heterocycles. The molecule has 3 heteroatoms. The first-order valence-electron chi connectivity index (χ1n) is 6.39. The molecule has 0 saturated heterocycles. The monoisotopic (exact) mass is 237 g/mol. The first kappa shape index (κ1) is 11.0. The summed E-state index contributed by atoms with van der Waals surface area (Å²) < 4.78 is 2.29. The number of hydrogen-bond donors (Lipinski definition) is 0. The summed E-state index contributed by atoms with van der Waals surface area (Å²) in [5.41, 5.74) is 3.32. The first-order valence-corrected chi connectivity index (χ1v) is 6.39. The molecule has 1 atom stereocenters. The average Bonchev–Trinajstić information content (AvgIpc) is 2.79. The van der Waals surface area contributed by atoms with E-state index in [2.05, 4.69) is 27.8 Å². The maximum atomic E-state index is 8.84. The molecule has 0 saturated carbocycles. The van der Waals surface area contributed by atoms with Crippen molar-refractivity contribution in [2.75, 3.05) is 0 Å². The molecule has 0 N–H and O–H groups in total. The number of aromatic nitrogens is 2. The molecule has 3 nitrogen and oxygen atoms in total. The third kappa shape index (κ3) is 1.91. The standard InChI is InChI=1S/C15H15N3/c16-9-12-5-7-13(8-6-12)15-4-2-1-3-14-10-17-11-18(14)15/h5-8,10-11,15H,1-4H2/t15-/m1/s1. The van der Waals surface area contributed by atoms with Crippen LogP contribution < -0.4 is 0 Å². The highest BCUT2D eigenvalue weighted by Gasteiger charge is 2.19. The molecule has 0 bridgehead atoms. The van der Waals surface area contributed by atoms with Gasteiger partial charge in [0.25, 0.3) is 0 Å². The van der Waals surface area contributed by atoms with Crippen molar-refractivity contribution in [3.63, 3.8) is 0 Å². The van der Waals surface area contributed by atoms with Crippen LogP contribution in [0.15, 0.2) is 36.8 Å². The predicted molar refractivity (Wildman–Crippen MR) is 69.1 cm³/mol. The Bertz CT molecular complexity index is 575. The zero-order valence-corrected chi connectivity index (χ0v) is 10.2. The minimum atomic E-state index is 0.373. The van der Waals surface area contributed by atoms with Gasteiger partial charge < -0.3 is 4.57 Å². The Balaban J connectivity index is 1.98. The first-order chi connectivity index (χ1) is 8.88. The number of aryl methyl sites for hydroxylation is 1. The van der Waals surface area contributed by atoms with Crippen LogP contribution in [-0.2, 0) is 6.42 Å². The van der Waals surface area contributed by atoms with Crippen LogP contribution in [0.4, 0.5) is 0 Å². The second-order valence-electron chi connectivity index (χ2n) is 4.79. The number of benzene rings is 1. The molecule has 0 amide bonds. The van der Waals surface area contributed by atoms with Gasteiger partial charge in [-0.15, -0.1) is 0 Å². The Morgan fingerprint density at radius 1 is 1.22 bits per heavy atom. The highest BCUT2D eigenvalue weighted by molar-refractivity contribution is 5.33. The molecular formula is C15H15N3. The summed E-state index contributed by atoms with van der Waals surface area (Å²) >= 11 is 0. The van der Waals surface area contributed by atoms with Gasteiger partial charge in [-0.05, 0) is 37.0 Å². The van der Waals surface area contributed by atoms with Crippen molar-refractivity contribution in [3.8, 4) is 6.07 Å². The molecule has 0 unspecified atom stereocenters. The van der Waals surface area contributed by atoms with Gasteiger partial charge in [0.1, 0.15) is 0 Å². The van der Waals surface area contributed by atoms with Crippen molar-refractivity contribution in [1.29, 1.82) is 5.26 Å². The lowest BCUT2D eigenvalue weighted by Crippen LogP contribution is -2.10. The molecule has 2 heterocycles. The van der Waals surface area contributed by atoms with Gasteiger partial charge in [0.15, 0.2) is 0 Å². The molecule has 0 radical (unpaired) electrons. The minimum absolute atomic E-state index is 0.373. The third-order valence-electron chi connectivity index (χ3n) is 3.67. The second kappa shape index (κ2) is 4.66. The van der Waals surface area contributed by atoms with E-state index in [1.54, 1.807) is 0 Å². The van der Waals surface area contributed by atoms with Crippen molar-refractivity contribution in [1.82, 2.24) is 9.55 Å². The summed E-state index contributed by atoms with van der Waals surface area (Å²) in [6.45, 7) is 0. The molecule has 90 valence electrons. The third-order valence-corrected chi connectivity index (χ3v) is 3.67. The van der Waals surface area contributed by atoms with Crippen molar-refractivity contribution in [2.45, 2.75) is 31.7 Å². The van der Waals surface area contributed by atoms with E-state index >= 15 is 0 Å². The van der Waals surface area contributed by atoms with E-state index in [1.807, 2.05) is 24.7 Å². The molecule has 1 aromatic carbocycles. The number of fused-ring (bicyclic) bond motifs is 1. The molecular weight excluding hydrogens is 222 g/mol. The summed E-state index contributed by atoms with van der Waals surface area (Å²) in [6, 6.07) is 10.5. The van der Waals surface area contributed by atoms with Crippen LogP contribution in [0.25, 0.3) is 0 Å². The smallest absolute Gasteiger partial charge is 0.0991 e. The Morgan fingerprint density at radius 2 is 2.06 bits per heavy atom. The molecule has 0 aliphatic carbocycles. The molecule has 0 fully saturated rings. The Labute approximate surface area is 107 Å². The van der Waals surface area contributed by atoms with E-state index in [4.69, 9.17) is 5.26 Å². The van der Waals surface area contributed by atoms with Crippen LogP contribution in [-0.4, -0.2) is 9.55 Å². The quantitative estimate of drug-likeness (QED) is 0.764. The normalized spacial score (nSPS) is 18.7. The van der Waals surface area contributed by atoms with E-state index in [0.717, 1.165) is 18.4 Å². The topological polar surface area (TPSA) is 41.6 Å². The fraction of sp³-hybridized carbons (Fsp3) is 0.333. The van der Waals surface area contributed by atoms with Crippen molar-refractivity contribution < 1.29 is 0 Å². The Hall–Kier alpha value is -2.08. The number of imidazole rings is 1. The zero-order chi connectivity index (χ0) is 12.4. The van der Waals surface area contributed by atoms with Gasteiger partial charge in [-0.2, -0.15) is 5.26 Å². The number of nitrogens with zero attached hydrogens (tertiary/aromatic N) is 3. The van der Waals surface area contributed by atoms with Gasteiger partial charge in [0, 0.05) is 11.9 Å². The van der Waals surface area contributed by atoms with Gasteiger partial charge in [-0.25, -0.2) is 4.98 Å². The van der Waals surface area contributed by atoms with E-state index in [9.17, 15) is 0 Å². The van der Waals surface area contributed by atoms with Crippen molar-refractivity contribution in [3.05, 3.63) is 53.6 Å². The van der Waals surface area contributed by atoms with E-state index < -0.39 is 0 Å². The highest BCUT2D eigenvalue weighted by Crippen LogP contribution is 2.29. The van der Waals surface area contributed by atoms with Crippen LogP contribution >= 0.6 is 0 Å². The van der Waals surface area contributed by atoms with Gasteiger partial charge in [-0.3, -0.25) is 0 Å². The van der Waals surface area contributed by atoms with E-state index in [0.29, 0.717) is 6.04 Å². The number of rotatable bonds is 1. The predicted octanol–water partition coefficient (Wildman–Crippen LogP) is 3.07. The highest BCUT2D eigenvalue weighted by atomic mass is 15.1. The average molecular weight is 237 g/mol. The molecule has 0 spiro atoms. The fourth-order valence-electron chi connectivity index (χ4n) is 2.70. The van der Waals surface area contributed by atoms with Gasteiger partial charge in [-0.1, -0.05) is 18.6 Å².